The molecule has 35 heavy (non-hydrogen) atoms. The molecule has 0 aromatic heterocycles. The minimum atomic E-state index is -4.47. The Labute approximate surface area is 204 Å². The van der Waals surface area contributed by atoms with Crippen molar-refractivity contribution in [3.8, 4) is 0 Å². The quantitative estimate of drug-likeness (QED) is 0.396. The van der Waals surface area contributed by atoms with Crippen LogP contribution < -0.4 is 16.0 Å². The third kappa shape index (κ3) is 8.31. The van der Waals surface area contributed by atoms with Crippen molar-refractivity contribution < 1.29 is 18.0 Å². The number of hydrogen-bond donors (Lipinski definition) is 3. The molecule has 186 valence electrons. The lowest BCUT2D eigenvalue weighted by molar-refractivity contribution is -0.138. The van der Waals surface area contributed by atoms with Crippen LogP contribution in [0.5, 0.6) is 0 Å². The Kier molecular flexibility index (Phi) is 9.11. The summed E-state index contributed by atoms with van der Waals surface area (Å²) in [4.78, 5) is 17.0. The number of carbonyl (C=O) groups excluding carboxylic acids is 1. The highest BCUT2D eigenvalue weighted by molar-refractivity contribution is 5.92. The predicted octanol–water partition coefficient (Wildman–Crippen LogP) is 6.59. The molecule has 1 heterocycles. The van der Waals surface area contributed by atoms with Crippen LogP contribution in [0.4, 0.5) is 24.5 Å². The molecule has 1 amide bonds. The Morgan fingerprint density at radius 3 is 2.51 bits per heavy atom. The summed E-state index contributed by atoms with van der Waals surface area (Å²) in [7, 11) is 0. The van der Waals surface area contributed by atoms with Crippen molar-refractivity contribution in [2.45, 2.75) is 52.1 Å². The number of hydrogen-bond acceptors (Lipinski definition) is 4. The highest BCUT2D eigenvalue weighted by Gasteiger charge is 2.32. The lowest BCUT2D eigenvalue weighted by Crippen LogP contribution is -2.16. The molecule has 0 saturated carbocycles. The summed E-state index contributed by atoms with van der Waals surface area (Å²) < 4.78 is 39.4. The second-order valence-electron chi connectivity index (χ2n) is 8.43. The molecular formula is C27H31F3N4O. The lowest BCUT2D eigenvalue weighted by atomic mass is 10.1. The van der Waals surface area contributed by atoms with Crippen LogP contribution in [0.2, 0.25) is 0 Å². The maximum Gasteiger partial charge on any atom is 0.416 e. The second-order valence-corrected chi connectivity index (χ2v) is 8.43. The normalized spacial score (nSPS) is 15.7. The minimum Gasteiger partial charge on any atom is -0.385 e. The van der Waals surface area contributed by atoms with Gasteiger partial charge in [0, 0.05) is 35.9 Å². The van der Waals surface area contributed by atoms with Gasteiger partial charge in [-0.15, -0.1) is 0 Å². The van der Waals surface area contributed by atoms with Gasteiger partial charge in [-0.2, -0.15) is 13.2 Å². The number of aryl methyl sites for hydroxylation is 1. The Hall–Kier alpha value is -3.55. The topological polar surface area (TPSA) is 65.5 Å². The van der Waals surface area contributed by atoms with Crippen molar-refractivity contribution in [1.82, 2.24) is 5.32 Å². The number of aliphatic imine (C=N–C) groups is 1. The molecule has 1 aliphatic heterocycles. The number of nitrogens with one attached hydrogen (secondary N) is 3. The smallest absolute Gasteiger partial charge is 0.385 e. The molecule has 8 heteroatoms. The van der Waals surface area contributed by atoms with Crippen LogP contribution in [-0.4, -0.2) is 18.7 Å². The molecule has 0 bridgehead atoms. The van der Waals surface area contributed by atoms with E-state index in [1.165, 1.54) is 19.1 Å². The van der Waals surface area contributed by atoms with Crippen molar-refractivity contribution in [1.29, 1.82) is 0 Å². The second kappa shape index (κ2) is 12.2. The van der Waals surface area contributed by atoms with Crippen LogP contribution in [0.1, 0.15) is 49.3 Å². The van der Waals surface area contributed by atoms with Gasteiger partial charge in [0.15, 0.2) is 0 Å². The summed E-state index contributed by atoms with van der Waals surface area (Å²) in [5, 5.41) is 9.27. The van der Waals surface area contributed by atoms with Gasteiger partial charge in [-0.25, -0.2) is 4.99 Å². The van der Waals surface area contributed by atoms with E-state index in [-0.39, 0.29) is 23.6 Å². The fourth-order valence-electron chi connectivity index (χ4n) is 3.58. The molecular weight excluding hydrogens is 453 g/mol. The SMILES string of the molecule is CCCN/C1=C\CCCC=NC(Nc2ccc(CC(=O)Nc3ccc(C)c(C(F)(F)F)c3)cc2)=C1. The van der Waals surface area contributed by atoms with Crippen LogP contribution in [0, 0.1) is 6.92 Å². The summed E-state index contributed by atoms with van der Waals surface area (Å²) in [5.41, 5.74) is 2.08. The minimum absolute atomic E-state index is 0.0458. The summed E-state index contributed by atoms with van der Waals surface area (Å²) in [6, 6.07) is 11.1. The van der Waals surface area contributed by atoms with Gasteiger partial charge in [0.05, 0.1) is 12.0 Å². The number of halogens is 3. The first-order valence-corrected chi connectivity index (χ1v) is 11.8. The summed E-state index contributed by atoms with van der Waals surface area (Å²) in [6.07, 6.45) is 5.60. The van der Waals surface area contributed by atoms with E-state index in [2.05, 4.69) is 33.9 Å². The van der Waals surface area contributed by atoms with E-state index in [1.54, 1.807) is 0 Å². The zero-order valence-electron chi connectivity index (χ0n) is 20.0. The van der Waals surface area contributed by atoms with Gasteiger partial charge in [-0.05, 0) is 68.0 Å². The number of allylic oxidation sites excluding steroid dienone is 2. The molecule has 0 atom stereocenters. The molecule has 1 aliphatic rings. The summed E-state index contributed by atoms with van der Waals surface area (Å²) in [5.74, 6) is 0.329. The maximum absolute atomic E-state index is 13.1. The van der Waals surface area contributed by atoms with Crippen molar-refractivity contribution in [2.75, 3.05) is 17.2 Å². The summed E-state index contributed by atoms with van der Waals surface area (Å²) in [6.45, 7) is 4.39. The van der Waals surface area contributed by atoms with E-state index in [4.69, 9.17) is 0 Å². The molecule has 5 nitrogen and oxygen atoms in total. The van der Waals surface area contributed by atoms with Gasteiger partial charge < -0.3 is 16.0 Å². The molecule has 2 aromatic carbocycles. The van der Waals surface area contributed by atoms with E-state index in [1.807, 2.05) is 36.6 Å². The summed E-state index contributed by atoms with van der Waals surface area (Å²) >= 11 is 0. The average Bonchev–Trinajstić information content (AvgIpc) is 2.91. The van der Waals surface area contributed by atoms with Crippen LogP contribution >= 0.6 is 0 Å². The van der Waals surface area contributed by atoms with Gasteiger partial charge in [-0.3, -0.25) is 4.79 Å². The van der Waals surface area contributed by atoms with E-state index in [0.29, 0.717) is 5.82 Å². The van der Waals surface area contributed by atoms with Gasteiger partial charge in [0.2, 0.25) is 5.91 Å². The van der Waals surface area contributed by atoms with E-state index in [0.717, 1.165) is 55.2 Å². The predicted molar refractivity (Wildman–Crippen MR) is 135 cm³/mol. The number of rotatable bonds is 8. The first-order valence-electron chi connectivity index (χ1n) is 11.8. The molecule has 3 rings (SSSR count). The van der Waals surface area contributed by atoms with Crippen LogP contribution in [0.3, 0.4) is 0 Å². The van der Waals surface area contributed by atoms with Gasteiger partial charge in [0.25, 0.3) is 0 Å². The number of benzene rings is 2. The molecule has 0 aliphatic carbocycles. The fourth-order valence-corrected chi connectivity index (χ4v) is 3.58. The zero-order valence-corrected chi connectivity index (χ0v) is 20.0. The zero-order chi connectivity index (χ0) is 25.3. The standard InChI is InChI=1S/C27H31F3N4O/c1-3-14-31-22-7-5-4-6-15-32-25(18-22)33-21-12-9-20(10-13-21)16-26(35)34-23-11-8-19(2)24(17-23)27(28,29)30/h7-13,15,17-18,31,33H,3-6,14,16H2,1-2H3,(H,34,35)/b22-7-,25-18?,32-15?. The Bertz CT molecular complexity index is 1100. The first kappa shape index (κ1) is 26.1. The van der Waals surface area contributed by atoms with E-state index >= 15 is 0 Å². The fraction of sp³-hybridized carbons (Fsp3) is 0.333. The number of nitrogens with zero attached hydrogens (tertiary/aromatic N) is 1. The largest absolute Gasteiger partial charge is 0.416 e. The van der Waals surface area contributed by atoms with Crippen LogP contribution in [0.15, 0.2) is 71.1 Å². The number of anilines is 2. The van der Waals surface area contributed by atoms with Crippen molar-refractivity contribution in [2.24, 2.45) is 4.99 Å². The molecule has 3 N–H and O–H groups in total. The third-order valence-corrected chi connectivity index (χ3v) is 5.42. The maximum atomic E-state index is 13.1. The molecule has 0 unspecified atom stereocenters. The highest BCUT2D eigenvalue weighted by atomic mass is 19.4. The van der Waals surface area contributed by atoms with E-state index in [9.17, 15) is 18.0 Å². The Balaban J connectivity index is 1.63. The molecule has 0 spiro atoms. The van der Waals surface area contributed by atoms with E-state index < -0.39 is 11.7 Å². The first-order chi connectivity index (χ1) is 16.7. The van der Waals surface area contributed by atoms with Crippen molar-refractivity contribution >= 4 is 23.5 Å². The molecule has 2 aromatic rings. The third-order valence-electron chi connectivity index (χ3n) is 5.42. The van der Waals surface area contributed by atoms with Crippen molar-refractivity contribution in [3.63, 3.8) is 0 Å². The number of amides is 1. The molecule has 0 radical (unpaired) electrons. The van der Waals surface area contributed by atoms with Gasteiger partial charge in [0.1, 0.15) is 5.82 Å². The number of carbonyl (C=O) groups is 1. The van der Waals surface area contributed by atoms with Crippen LogP contribution in [-0.2, 0) is 17.4 Å². The highest BCUT2D eigenvalue weighted by Crippen LogP contribution is 2.33. The Morgan fingerprint density at radius 2 is 1.80 bits per heavy atom. The average molecular weight is 485 g/mol. The monoisotopic (exact) mass is 484 g/mol. The Morgan fingerprint density at radius 1 is 1.06 bits per heavy atom. The molecule has 0 saturated heterocycles. The number of alkyl halides is 3. The lowest BCUT2D eigenvalue weighted by Gasteiger charge is -2.13. The van der Waals surface area contributed by atoms with Gasteiger partial charge in [-0.1, -0.05) is 31.2 Å². The van der Waals surface area contributed by atoms with Crippen LogP contribution in [0.25, 0.3) is 0 Å². The molecule has 0 fully saturated rings. The van der Waals surface area contributed by atoms with Crippen molar-refractivity contribution in [3.05, 3.63) is 82.8 Å². The van der Waals surface area contributed by atoms with Gasteiger partial charge >= 0.3 is 6.18 Å².